The van der Waals surface area contributed by atoms with Gasteiger partial charge in [-0.25, -0.2) is 9.18 Å². The Morgan fingerprint density at radius 1 is 1.12 bits per heavy atom. The van der Waals surface area contributed by atoms with Gasteiger partial charge < -0.3 is 14.2 Å². The summed E-state index contributed by atoms with van der Waals surface area (Å²) in [7, 11) is 1.56. The minimum atomic E-state index is -0.583. The summed E-state index contributed by atoms with van der Waals surface area (Å²) < 4.78 is 24.1. The molecular weight excluding hydrogens is 461 g/mol. The van der Waals surface area contributed by atoms with Crippen LogP contribution in [0.4, 0.5) is 16.0 Å². The van der Waals surface area contributed by atoms with Crippen LogP contribution in [0, 0.1) is 5.82 Å². The van der Waals surface area contributed by atoms with Gasteiger partial charge in [-0.05, 0) is 49.7 Å². The van der Waals surface area contributed by atoms with Crippen LogP contribution >= 0.6 is 11.6 Å². The van der Waals surface area contributed by atoms with Gasteiger partial charge >= 0.3 is 5.69 Å². The van der Waals surface area contributed by atoms with E-state index in [1.165, 1.54) is 22.8 Å². The fourth-order valence-corrected chi connectivity index (χ4v) is 4.60. The van der Waals surface area contributed by atoms with Gasteiger partial charge in [0.2, 0.25) is 5.95 Å². The maximum absolute atomic E-state index is 14.4. The molecule has 0 bridgehead atoms. The molecule has 0 N–H and O–H groups in total. The topological polar surface area (TPSA) is 74.3 Å². The normalized spacial score (nSPS) is 13.4. The van der Waals surface area contributed by atoms with Gasteiger partial charge in [0.25, 0.3) is 5.56 Å². The average Bonchev–Trinajstić information content (AvgIpc) is 3.23. The van der Waals surface area contributed by atoms with Crippen molar-refractivity contribution in [3.05, 3.63) is 79.7 Å². The van der Waals surface area contributed by atoms with Crippen LogP contribution in [-0.4, -0.2) is 31.8 Å². The van der Waals surface area contributed by atoms with Crippen molar-refractivity contribution < 1.29 is 9.13 Å². The largest absolute Gasteiger partial charge is 0.494 e. The molecule has 2 aromatic heterocycles. The zero-order valence-corrected chi connectivity index (χ0v) is 19.5. The molecule has 8 nitrogen and oxygen atoms in total. The molecule has 176 valence electrons. The number of anilines is 2. The number of hydrogen-bond donors (Lipinski definition) is 0. The summed E-state index contributed by atoms with van der Waals surface area (Å²) in [6, 6.07) is 11.9. The van der Waals surface area contributed by atoms with Crippen LogP contribution in [0.25, 0.3) is 11.2 Å². The highest BCUT2D eigenvalue weighted by molar-refractivity contribution is 6.31. The van der Waals surface area contributed by atoms with Crippen molar-refractivity contribution in [3.63, 3.8) is 0 Å². The van der Waals surface area contributed by atoms with Crippen LogP contribution in [0.1, 0.15) is 18.9 Å². The Bertz CT molecular complexity index is 1490. The van der Waals surface area contributed by atoms with Crippen molar-refractivity contribution in [3.8, 4) is 5.75 Å². The van der Waals surface area contributed by atoms with Crippen molar-refractivity contribution in [2.75, 3.05) is 18.1 Å². The third-order valence-electron chi connectivity index (χ3n) is 6.05. The fourth-order valence-electron chi connectivity index (χ4n) is 4.38. The third kappa shape index (κ3) is 3.56. The van der Waals surface area contributed by atoms with Crippen molar-refractivity contribution >= 4 is 34.4 Å². The van der Waals surface area contributed by atoms with E-state index >= 15 is 0 Å². The number of aromatic nitrogens is 4. The van der Waals surface area contributed by atoms with Crippen molar-refractivity contribution in [2.45, 2.75) is 26.4 Å². The van der Waals surface area contributed by atoms with Gasteiger partial charge in [0, 0.05) is 36.4 Å². The molecule has 0 saturated carbocycles. The predicted molar refractivity (Wildman–Crippen MR) is 129 cm³/mol. The Morgan fingerprint density at radius 2 is 1.88 bits per heavy atom. The molecule has 0 fully saturated rings. The zero-order valence-electron chi connectivity index (χ0n) is 18.8. The second-order valence-electron chi connectivity index (χ2n) is 8.10. The van der Waals surface area contributed by atoms with Gasteiger partial charge in [0.1, 0.15) is 11.6 Å². The number of aryl methyl sites for hydroxylation is 2. The number of rotatable bonds is 5. The molecular formula is C24H23ClFN5O3. The highest BCUT2D eigenvalue weighted by Gasteiger charge is 2.27. The second-order valence-corrected chi connectivity index (χ2v) is 8.51. The number of imidazole rings is 1. The minimum absolute atomic E-state index is 0.0946. The number of halogens is 2. The highest BCUT2D eigenvalue weighted by atomic mass is 35.5. The van der Waals surface area contributed by atoms with E-state index in [1.807, 2.05) is 40.7 Å². The van der Waals surface area contributed by atoms with Gasteiger partial charge in [0.05, 0.1) is 13.2 Å². The fraction of sp³-hybridized carbons (Fsp3) is 0.292. The van der Waals surface area contributed by atoms with E-state index in [4.69, 9.17) is 16.3 Å². The molecule has 4 aromatic rings. The number of hydrogen-bond acceptors (Lipinski definition) is 5. The van der Waals surface area contributed by atoms with E-state index in [0.717, 1.165) is 22.4 Å². The summed E-state index contributed by atoms with van der Waals surface area (Å²) in [6.07, 6.45) is 0.785. The second kappa shape index (κ2) is 8.64. The molecule has 5 rings (SSSR count). The molecule has 34 heavy (non-hydrogen) atoms. The lowest BCUT2D eigenvalue weighted by molar-refractivity contribution is 0.340. The Morgan fingerprint density at radius 3 is 2.59 bits per heavy atom. The van der Waals surface area contributed by atoms with Gasteiger partial charge in [-0.2, -0.15) is 4.98 Å². The van der Waals surface area contributed by atoms with Crippen molar-refractivity contribution in [2.24, 2.45) is 7.05 Å². The van der Waals surface area contributed by atoms with E-state index < -0.39 is 17.1 Å². The predicted octanol–water partition coefficient (Wildman–Crippen LogP) is 3.68. The number of benzene rings is 2. The monoisotopic (exact) mass is 483 g/mol. The lowest BCUT2D eigenvalue weighted by Crippen LogP contribution is -2.40. The maximum Gasteiger partial charge on any atom is 0.332 e. The molecule has 1 aliphatic rings. The van der Waals surface area contributed by atoms with E-state index in [2.05, 4.69) is 4.98 Å². The van der Waals surface area contributed by atoms with E-state index in [9.17, 15) is 14.0 Å². The Kier molecular flexibility index (Phi) is 5.65. The van der Waals surface area contributed by atoms with Crippen LogP contribution < -0.4 is 20.9 Å². The standard InChI is InChI=1S/C24H23ClFN5O3/c1-3-34-16-10-8-15(9-11-16)29-12-5-13-30-20-21(27-23(29)30)28(2)24(33)31(22(20)32)14-17-18(25)6-4-7-19(17)26/h4,6-11H,3,5,12-14H2,1-2H3. The Hall–Kier alpha value is -3.59. The quantitative estimate of drug-likeness (QED) is 0.433. The summed E-state index contributed by atoms with van der Waals surface area (Å²) in [5.41, 5.74) is 0.490. The molecule has 1 aliphatic heterocycles. The molecule has 0 radical (unpaired) electrons. The molecule has 0 amide bonds. The molecule has 0 aliphatic carbocycles. The molecule has 0 spiro atoms. The summed E-state index contributed by atoms with van der Waals surface area (Å²) in [5.74, 6) is 0.784. The molecule has 0 saturated heterocycles. The van der Waals surface area contributed by atoms with Gasteiger partial charge in [-0.15, -0.1) is 0 Å². The first-order chi connectivity index (χ1) is 16.4. The summed E-state index contributed by atoms with van der Waals surface area (Å²) in [6.45, 7) is 3.53. The number of ether oxygens (including phenoxy) is 1. The minimum Gasteiger partial charge on any atom is -0.494 e. The first kappa shape index (κ1) is 22.2. The molecule has 10 heteroatoms. The van der Waals surface area contributed by atoms with Crippen LogP contribution in [-0.2, 0) is 20.1 Å². The SMILES string of the molecule is CCOc1ccc(N2CCCn3c2nc2c3c(=O)n(Cc3c(F)cccc3Cl)c(=O)n2C)cc1. The van der Waals surface area contributed by atoms with Crippen LogP contribution in [0.5, 0.6) is 5.75 Å². The maximum atomic E-state index is 14.4. The van der Waals surface area contributed by atoms with Crippen LogP contribution in [0.3, 0.4) is 0 Å². The number of nitrogens with zero attached hydrogens (tertiary/aromatic N) is 5. The third-order valence-corrected chi connectivity index (χ3v) is 6.41. The van der Waals surface area contributed by atoms with Gasteiger partial charge in [-0.1, -0.05) is 17.7 Å². The smallest absolute Gasteiger partial charge is 0.332 e. The summed E-state index contributed by atoms with van der Waals surface area (Å²) in [5, 5.41) is 0.158. The number of fused-ring (bicyclic) bond motifs is 3. The van der Waals surface area contributed by atoms with Crippen LogP contribution in [0.15, 0.2) is 52.1 Å². The van der Waals surface area contributed by atoms with Crippen molar-refractivity contribution in [1.29, 1.82) is 0 Å². The average molecular weight is 484 g/mol. The molecule has 3 heterocycles. The lowest BCUT2D eigenvalue weighted by Gasteiger charge is -2.29. The van der Waals surface area contributed by atoms with Crippen LogP contribution in [0.2, 0.25) is 5.02 Å². The van der Waals surface area contributed by atoms with E-state index in [0.29, 0.717) is 36.8 Å². The Balaban J connectivity index is 1.65. The Labute approximate surface area is 199 Å². The first-order valence-electron chi connectivity index (χ1n) is 11.0. The molecule has 2 aromatic carbocycles. The molecule has 0 unspecified atom stereocenters. The van der Waals surface area contributed by atoms with Crippen molar-refractivity contribution in [1.82, 2.24) is 18.7 Å². The zero-order chi connectivity index (χ0) is 24.0. The highest BCUT2D eigenvalue weighted by Crippen LogP contribution is 2.32. The van der Waals surface area contributed by atoms with Gasteiger partial charge in [0.15, 0.2) is 11.2 Å². The first-order valence-corrected chi connectivity index (χ1v) is 11.4. The lowest BCUT2D eigenvalue weighted by atomic mass is 10.2. The van der Waals surface area contributed by atoms with E-state index in [-0.39, 0.29) is 17.1 Å². The molecule has 0 atom stereocenters. The van der Waals surface area contributed by atoms with E-state index in [1.54, 1.807) is 7.05 Å². The van der Waals surface area contributed by atoms with Gasteiger partial charge in [-0.3, -0.25) is 13.9 Å². The summed E-state index contributed by atoms with van der Waals surface area (Å²) in [4.78, 5) is 33.3. The summed E-state index contributed by atoms with van der Waals surface area (Å²) >= 11 is 6.16.